The van der Waals surface area contributed by atoms with Crippen molar-refractivity contribution < 1.29 is 4.92 Å². The molecule has 0 bridgehead atoms. The summed E-state index contributed by atoms with van der Waals surface area (Å²) in [6, 6.07) is 3.17. The molecule has 0 amide bonds. The summed E-state index contributed by atoms with van der Waals surface area (Å²) in [6.07, 6.45) is 0. The normalized spacial score (nSPS) is 13.0. The summed E-state index contributed by atoms with van der Waals surface area (Å²) >= 11 is 0. The molecule has 2 rings (SSSR count). The quantitative estimate of drug-likeness (QED) is 0.451. The Bertz CT molecular complexity index is 493. The van der Waals surface area contributed by atoms with Crippen molar-refractivity contribution in [3.05, 3.63) is 38.5 Å². The SMILES string of the molecule is Cc1ccc([N+](=O)[O-])c2c1=NCN=2. The molecule has 5 heteroatoms. The number of fused-ring (bicyclic) bond motifs is 1. The Kier molecular flexibility index (Phi) is 1.58. The molecule has 1 aliphatic heterocycles. The lowest BCUT2D eigenvalue weighted by Gasteiger charge is -1.92. The number of hydrogen-bond acceptors (Lipinski definition) is 4. The van der Waals surface area contributed by atoms with E-state index in [-0.39, 0.29) is 5.69 Å². The highest BCUT2D eigenvalue weighted by atomic mass is 16.6. The Morgan fingerprint density at radius 2 is 2.08 bits per heavy atom. The first-order chi connectivity index (χ1) is 6.20. The molecule has 0 unspecified atom stereocenters. The van der Waals surface area contributed by atoms with Crippen LogP contribution in [0.15, 0.2) is 22.1 Å². The summed E-state index contributed by atoms with van der Waals surface area (Å²) in [6.45, 7) is 2.17. The Labute approximate surface area is 73.6 Å². The van der Waals surface area contributed by atoms with Gasteiger partial charge in [-0.3, -0.25) is 20.1 Å². The predicted molar refractivity (Wildman–Crippen MR) is 45.0 cm³/mol. The number of benzene rings is 1. The highest BCUT2D eigenvalue weighted by molar-refractivity contribution is 5.32. The van der Waals surface area contributed by atoms with Gasteiger partial charge in [-0.05, 0) is 12.5 Å². The van der Waals surface area contributed by atoms with Crippen LogP contribution in [0.25, 0.3) is 0 Å². The number of rotatable bonds is 1. The highest BCUT2D eigenvalue weighted by Crippen LogP contribution is 2.03. The first kappa shape index (κ1) is 7.85. The maximum Gasteiger partial charge on any atom is 0.296 e. The first-order valence-electron chi connectivity index (χ1n) is 3.83. The smallest absolute Gasteiger partial charge is 0.259 e. The van der Waals surface area contributed by atoms with E-state index in [1.54, 1.807) is 6.07 Å². The molecule has 1 heterocycles. The van der Waals surface area contributed by atoms with E-state index >= 15 is 0 Å². The maximum atomic E-state index is 10.6. The molecule has 13 heavy (non-hydrogen) atoms. The topological polar surface area (TPSA) is 67.9 Å². The van der Waals surface area contributed by atoms with Crippen LogP contribution in [0.1, 0.15) is 5.56 Å². The molecule has 5 nitrogen and oxygen atoms in total. The maximum absolute atomic E-state index is 10.6. The molecule has 0 saturated carbocycles. The molecule has 0 aromatic heterocycles. The van der Waals surface area contributed by atoms with Gasteiger partial charge in [0.25, 0.3) is 5.69 Å². The largest absolute Gasteiger partial charge is 0.296 e. The van der Waals surface area contributed by atoms with Gasteiger partial charge in [-0.25, -0.2) is 0 Å². The molecule has 0 N–H and O–H groups in total. The van der Waals surface area contributed by atoms with Crippen LogP contribution in [0.4, 0.5) is 5.69 Å². The summed E-state index contributed by atoms with van der Waals surface area (Å²) in [5, 5.41) is 11.7. The van der Waals surface area contributed by atoms with Crippen LogP contribution in [0.5, 0.6) is 0 Å². The van der Waals surface area contributed by atoms with Gasteiger partial charge in [0.05, 0.1) is 10.3 Å². The van der Waals surface area contributed by atoms with Crippen LogP contribution in [-0.4, -0.2) is 11.6 Å². The van der Waals surface area contributed by atoms with Crippen molar-refractivity contribution >= 4 is 5.69 Å². The van der Waals surface area contributed by atoms with E-state index in [0.717, 1.165) is 5.56 Å². The molecule has 0 aliphatic carbocycles. The van der Waals surface area contributed by atoms with Crippen molar-refractivity contribution in [2.24, 2.45) is 9.98 Å². The zero-order valence-electron chi connectivity index (χ0n) is 7.02. The van der Waals surface area contributed by atoms with Gasteiger partial charge in [-0.2, -0.15) is 0 Å². The van der Waals surface area contributed by atoms with Crippen molar-refractivity contribution in [2.75, 3.05) is 6.67 Å². The summed E-state index contributed by atoms with van der Waals surface area (Å²) in [5.74, 6) is 0. The first-order valence-corrected chi connectivity index (χ1v) is 3.83. The number of nitro benzene ring substituents is 1. The molecule has 0 saturated heterocycles. The monoisotopic (exact) mass is 177 g/mol. The average Bonchev–Trinajstić information content (AvgIpc) is 2.53. The third-order valence-electron chi connectivity index (χ3n) is 1.99. The van der Waals surface area contributed by atoms with Crippen LogP contribution in [0.3, 0.4) is 0 Å². The molecule has 1 aliphatic rings. The van der Waals surface area contributed by atoms with Gasteiger partial charge in [0, 0.05) is 6.07 Å². The van der Waals surface area contributed by atoms with Gasteiger partial charge in [-0.1, -0.05) is 6.07 Å². The summed E-state index contributed by atoms with van der Waals surface area (Å²) < 4.78 is 0. The van der Waals surface area contributed by atoms with Gasteiger partial charge in [0.15, 0.2) is 5.36 Å². The average molecular weight is 177 g/mol. The predicted octanol–water partition coefficient (Wildman–Crippen LogP) is 0.114. The van der Waals surface area contributed by atoms with Crippen molar-refractivity contribution in [2.45, 2.75) is 6.92 Å². The molecule has 1 aromatic carbocycles. The Balaban J connectivity index is 2.87. The standard InChI is InChI=1S/C8H7N3O2/c1-5-2-3-6(11(12)13)8-7(5)9-4-10-8/h2-3H,4H2,1H3. The molecule has 0 spiro atoms. The van der Waals surface area contributed by atoms with Crippen molar-refractivity contribution in [1.29, 1.82) is 0 Å². The number of hydrogen-bond donors (Lipinski definition) is 0. The van der Waals surface area contributed by atoms with Gasteiger partial charge >= 0.3 is 0 Å². The van der Waals surface area contributed by atoms with Gasteiger partial charge in [-0.15, -0.1) is 0 Å². The minimum Gasteiger partial charge on any atom is -0.259 e. The van der Waals surface area contributed by atoms with E-state index in [0.29, 0.717) is 17.4 Å². The molecule has 0 fully saturated rings. The Morgan fingerprint density at radius 1 is 1.38 bits per heavy atom. The number of nitro groups is 1. The van der Waals surface area contributed by atoms with Crippen molar-refractivity contribution in [3.8, 4) is 0 Å². The zero-order valence-corrected chi connectivity index (χ0v) is 7.02. The lowest BCUT2D eigenvalue weighted by Crippen LogP contribution is -2.27. The minimum absolute atomic E-state index is 0.0434. The minimum atomic E-state index is -0.428. The summed E-state index contributed by atoms with van der Waals surface area (Å²) in [4.78, 5) is 18.2. The lowest BCUT2D eigenvalue weighted by molar-refractivity contribution is -0.386. The van der Waals surface area contributed by atoms with Crippen molar-refractivity contribution in [3.63, 3.8) is 0 Å². The second kappa shape index (κ2) is 2.62. The van der Waals surface area contributed by atoms with Crippen LogP contribution >= 0.6 is 0 Å². The fraction of sp³-hybridized carbons (Fsp3) is 0.250. The van der Waals surface area contributed by atoms with E-state index in [9.17, 15) is 10.1 Å². The number of non-ortho nitro benzene ring substituents is 1. The van der Waals surface area contributed by atoms with Crippen molar-refractivity contribution in [1.82, 2.24) is 0 Å². The fourth-order valence-electron chi connectivity index (χ4n) is 1.35. The number of aryl methyl sites for hydroxylation is 1. The molecule has 0 atom stereocenters. The summed E-state index contributed by atoms with van der Waals surface area (Å²) in [5.41, 5.74) is 0.976. The third-order valence-corrected chi connectivity index (χ3v) is 1.99. The van der Waals surface area contributed by atoms with Gasteiger partial charge in [0.2, 0.25) is 0 Å². The lowest BCUT2D eigenvalue weighted by atomic mass is 10.2. The molecular formula is C8H7N3O2. The van der Waals surface area contributed by atoms with Crippen LogP contribution in [0, 0.1) is 17.0 Å². The second-order valence-electron chi connectivity index (χ2n) is 2.81. The second-order valence-corrected chi connectivity index (χ2v) is 2.81. The third kappa shape index (κ3) is 1.09. The fourth-order valence-corrected chi connectivity index (χ4v) is 1.35. The van der Waals surface area contributed by atoms with E-state index < -0.39 is 4.92 Å². The number of nitrogens with zero attached hydrogens (tertiary/aromatic N) is 3. The zero-order chi connectivity index (χ0) is 9.42. The summed E-state index contributed by atoms with van der Waals surface area (Å²) in [7, 11) is 0. The van der Waals surface area contributed by atoms with Crippen LogP contribution in [-0.2, 0) is 0 Å². The van der Waals surface area contributed by atoms with E-state index in [1.165, 1.54) is 6.07 Å². The van der Waals surface area contributed by atoms with Crippen LogP contribution < -0.4 is 10.7 Å². The highest BCUT2D eigenvalue weighted by Gasteiger charge is 2.13. The molecular weight excluding hydrogens is 170 g/mol. The molecule has 1 aromatic rings. The Morgan fingerprint density at radius 3 is 2.77 bits per heavy atom. The Hall–Kier alpha value is -1.78. The van der Waals surface area contributed by atoms with Gasteiger partial charge < -0.3 is 0 Å². The van der Waals surface area contributed by atoms with Crippen LogP contribution in [0.2, 0.25) is 0 Å². The molecule has 0 radical (unpaired) electrons. The van der Waals surface area contributed by atoms with E-state index in [1.807, 2.05) is 6.92 Å². The molecule has 66 valence electrons. The van der Waals surface area contributed by atoms with E-state index in [2.05, 4.69) is 9.98 Å². The van der Waals surface area contributed by atoms with E-state index in [4.69, 9.17) is 0 Å². The van der Waals surface area contributed by atoms with Gasteiger partial charge in [0.1, 0.15) is 6.67 Å².